The molecule has 2 N–H and O–H groups in total. The molecule has 0 spiro atoms. The zero-order valence-corrected chi connectivity index (χ0v) is 8.50. The van der Waals surface area contributed by atoms with Gasteiger partial charge in [-0.15, -0.1) is 0 Å². The van der Waals surface area contributed by atoms with Crippen LogP contribution in [0.1, 0.15) is 17.9 Å². The summed E-state index contributed by atoms with van der Waals surface area (Å²) in [7, 11) is 3.93. The van der Waals surface area contributed by atoms with Crippen molar-refractivity contribution in [2.24, 2.45) is 5.73 Å². The molecule has 14 heavy (non-hydrogen) atoms. The van der Waals surface area contributed by atoms with Crippen molar-refractivity contribution >= 4 is 5.69 Å². The van der Waals surface area contributed by atoms with Crippen LogP contribution in [0.5, 0.6) is 0 Å². The molecule has 76 valence electrons. The summed E-state index contributed by atoms with van der Waals surface area (Å²) in [5, 5.41) is 0. The van der Waals surface area contributed by atoms with E-state index < -0.39 is 0 Å². The van der Waals surface area contributed by atoms with Crippen molar-refractivity contribution in [1.82, 2.24) is 0 Å². The van der Waals surface area contributed by atoms with Crippen LogP contribution in [0.2, 0.25) is 0 Å². The topological polar surface area (TPSA) is 29.3 Å². The van der Waals surface area contributed by atoms with E-state index >= 15 is 0 Å². The van der Waals surface area contributed by atoms with Gasteiger partial charge in [-0.05, 0) is 30.2 Å². The molecule has 1 saturated carbocycles. The largest absolute Gasteiger partial charge is 0.377 e. The minimum absolute atomic E-state index is 0.176. The Morgan fingerprint density at radius 1 is 1.43 bits per heavy atom. The lowest BCUT2D eigenvalue weighted by Gasteiger charge is -2.17. The van der Waals surface area contributed by atoms with Gasteiger partial charge in [0.2, 0.25) is 0 Å². The van der Waals surface area contributed by atoms with E-state index in [4.69, 9.17) is 5.73 Å². The fourth-order valence-corrected chi connectivity index (χ4v) is 1.80. The molecule has 0 radical (unpaired) electrons. The highest BCUT2D eigenvalue weighted by atomic mass is 19.1. The third-order valence-electron chi connectivity index (χ3n) is 2.71. The lowest BCUT2D eigenvalue weighted by molar-refractivity contribution is 0.625. The Kier molecular flexibility index (Phi) is 2.19. The Hall–Kier alpha value is -1.09. The SMILES string of the molecule is CN(C)c1ccc(F)cc1C1CC1N. The molecular formula is C11H15FN2. The Morgan fingerprint density at radius 3 is 2.57 bits per heavy atom. The van der Waals surface area contributed by atoms with Gasteiger partial charge in [-0.1, -0.05) is 0 Å². The van der Waals surface area contributed by atoms with Crippen LogP contribution >= 0.6 is 0 Å². The Balaban J connectivity index is 2.39. The second-order valence-electron chi connectivity index (χ2n) is 4.10. The number of benzene rings is 1. The molecule has 2 rings (SSSR count). The first-order chi connectivity index (χ1) is 6.59. The minimum atomic E-state index is -0.176. The van der Waals surface area contributed by atoms with Crippen molar-refractivity contribution < 1.29 is 4.39 Å². The van der Waals surface area contributed by atoms with Gasteiger partial charge in [-0.25, -0.2) is 4.39 Å². The highest BCUT2D eigenvalue weighted by molar-refractivity contribution is 5.56. The summed E-state index contributed by atoms with van der Waals surface area (Å²) in [4.78, 5) is 2.00. The van der Waals surface area contributed by atoms with Crippen molar-refractivity contribution in [2.45, 2.75) is 18.4 Å². The normalized spacial score (nSPS) is 24.9. The Bertz CT molecular complexity index is 349. The van der Waals surface area contributed by atoms with Crippen molar-refractivity contribution in [2.75, 3.05) is 19.0 Å². The van der Waals surface area contributed by atoms with E-state index in [9.17, 15) is 4.39 Å². The molecule has 0 saturated heterocycles. The number of nitrogens with zero attached hydrogens (tertiary/aromatic N) is 1. The molecule has 2 atom stereocenters. The van der Waals surface area contributed by atoms with Gasteiger partial charge >= 0.3 is 0 Å². The second-order valence-corrected chi connectivity index (χ2v) is 4.10. The van der Waals surface area contributed by atoms with Crippen molar-refractivity contribution in [3.63, 3.8) is 0 Å². The molecule has 1 aromatic rings. The molecule has 1 aliphatic carbocycles. The van der Waals surface area contributed by atoms with E-state index in [-0.39, 0.29) is 11.9 Å². The van der Waals surface area contributed by atoms with E-state index in [1.807, 2.05) is 25.1 Å². The predicted octanol–water partition coefficient (Wildman–Crippen LogP) is 1.71. The van der Waals surface area contributed by atoms with Crippen molar-refractivity contribution in [3.8, 4) is 0 Å². The van der Waals surface area contributed by atoms with Crippen LogP contribution in [0.25, 0.3) is 0 Å². The van der Waals surface area contributed by atoms with Crippen LogP contribution in [0.3, 0.4) is 0 Å². The molecular weight excluding hydrogens is 179 g/mol. The van der Waals surface area contributed by atoms with E-state index in [1.54, 1.807) is 6.07 Å². The maximum atomic E-state index is 13.1. The van der Waals surface area contributed by atoms with E-state index in [0.29, 0.717) is 5.92 Å². The van der Waals surface area contributed by atoms with E-state index in [2.05, 4.69) is 0 Å². The smallest absolute Gasteiger partial charge is 0.123 e. The van der Waals surface area contributed by atoms with Crippen LogP contribution < -0.4 is 10.6 Å². The quantitative estimate of drug-likeness (QED) is 0.776. The zero-order chi connectivity index (χ0) is 10.3. The summed E-state index contributed by atoms with van der Waals surface area (Å²) in [6, 6.07) is 5.13. The fraction of sp³-hybridized carbons (Fsp3) is 0.455. The molecule has 1 aliphatic rings. The molecule has 0 heterocycles. The maximum Gasteiger partial charge on any atom is 0.123 e. The number of hydrogen-bond donors (Lipinski definition) is 1. The predicted molar refractivity (Wildman–Crippen MR) is 56.1 cm³/mol. The summed E-state index contributed by atoms with van der Waals surface area (Å²) in [6.07, 6.45) is 0.976. The monoisotopic (exact) mass is 194 g/mol. The van der Waals surface area contributed by atoms with Crippen LogP contribution in [-0.2, 0) is 0 Å². The summed E-state index contributed by atoms with van der Waals surface area (Å²) < 4.78 is 13.1. The minimum Gasteiger partial charge on any atom is -0.377 e. The lowest BCUT2D eigenvalue weighted by atomic mass is 10.1. The van der Waals surface area contributed by atoms with Gasteiger partial charge in [0.05, 0.1) is 0 Å². The molecule has 0 aromatic heterocycles. The highest BCUT2D eigenvalue weighted by Crippen LogP contribution is 2.43. The van der Waals surface area contributed by atoms with Crippen LogP contribution in [0.15, 0.2) is 18.2 Å². The Morgan fingerprint density at radius 2 is 2.07 bits per heavy atom. The van der Waals surface area contributed by atoms with Gasteiger partial charge in [0.15, 0.2) is 0 Å². The average molecular weight is 194 g/mol. The number of halogens is 1. The van der Waals surface area contributed by atoms with Gasteiger partial charge in [0.1, 0.15) is 5.82 Å². The second kappa shape index (κ2) is 3.24. The third kappa shape index (κ3) is 1.60. The number of rotatable bonds is 2. The molecule has 0 aliphatic heterocycles. The van der Waals surface area contributed by atoms with Gasteiger partial charge in [0, 0.05) is 31.7 Å². The first-order valence-electron chi connectivity index (χ1n) is 4.82. The van der Waals surface area contributed by atoms with Crippen molar-refractivity contribution in [3.05, 3.63) is 29.6 Å². The Labute approximate surface area is 83.5 Å². The van der Waals surface area contributed by atoms with Crippen LogP contribution in [0.4, 0.5) is 10.1 Å². The first-order valence-corrected chi connectivity index (χ1v) is 4.82. The first kappa shape index (κ1) is 9.46. The van der Waals surface area contributed by atoms with Crippen LogP contribution in [0, 0.1) is 5.82 Å². The maximum absolute atomic E-state index is 13.1. The highest BCUT2D eigenvalue weighted by Gasteiger charge is 2.36. The van der Waals surface area contributed by atoms with E-state index in [1.165, 1.54) is 6.07 Å². The average Bonchev–Trinajstić information content (AvgIpc) is 2.82. The number of hydrogen-bond acceptors (Lipinski definition) is 2. The molecule has 0 bridgehead atoms. The van der Waals surface area contributed by atoms with Gasteiger partial charge in [0.25, 0.3) is 0 Å². The molecule has 2 unspecified atom stereocenters. The zero-order valence-electron chi connectivity index (χ0n) is 8.50. The summed E-state index contributed by atoms with van der Waals surface area (Å²) >= 11 is 0. The lowest BCUT2D eigenvalue weighted by Crippen LogP contribution is -2.12. The van der Waals surface area contributed by atoms with Crippen LogP contribution in [-0.4, -0.2) is 20.1 Å². The standard InChI is InChI=1S/C11H15FN2/c1-14(2)11-4-3-7(12)5-9(11)8-6-10(8)13/h3-5,8,10H,6,13H2,1-2H3. The third-order valence-corrected chi connectivity index (χ3v) is 2.71. The van der Waals surface area contributed by atoms with Gasteiger partial charge in [-0.3, -0.25) is 0 Å². The molecule has 1 aromatic carbocycles. The fourth-order valence-electron chi connectivity index (χ4n) is 1.80. The molecule has 2 nitrogen and oxygen atoms in total. The van der Waals surface area contributed by atoms with Crippen molar-refractivity contribution in [1.29, 1.82) is 0 Å². The molecule has 1 fully saturated rings. The van der Waals surface area contributed by atoms with Gasteiger partial charge in [-0.2, -0.15) is 0 Å². The number of anilines is 1. The number of nitrogens with two attached hydrogens (primary N) is 1. The molecule has 3 heteroatoms. The summed E-state index contributed by atoms with van der Waals surface area (Å²) in [6.45, 7) is 0. The summed E-state index contributed by atoms with van der Waals surface area (Å²) in [5.74, 6) is 0.174. The van der Waals surface area contributed by atoms with E-state index in [0.717, 1.165) is 17.7 Å². The molecule has 0 amide bonds. The summed E-state index contributed by atoms with van der Waals surface area (Å²) in [5.41, 5.74) is 7.89. The van der Waals surface area contributed by atoms with Gasteiger partial charge < -0.3 is 10.6 Å².